The Morgan fingerprint density at radius 2 is 2.00 bits per heavy atom. The zero-order chi connectivity index (χ0) is 14.3. The molecular weight excluding hydrogens is 270 g/mol. The molecule has 98 valence electrons. The molecule has 3 nitrogen and oxygen atoms in total. The highest BCUT2D eigenvalue weighted by atomic mass is 35.5. The number of imidazole rings is 1. The van der Waals surface area contributed by atoms with Gasteiger partial charge in [0.05, 0.1) is 22.7 Å². The van der Waals surface area contributed by atoms with Gasteiger partial charge >= 0.3 is 0 Å². The van der Waals surface area contributed by atoms with Gasteiger partial charge < -0.3 is 4.57 Å². The summed E-state index contributed by atoms with van der Waals surface area (Å²) in [5, 5.41) is 9.73. The van der Waals surface area contributed by atoms with Gasteiger partial charge in [-0.1, -0.05) is 11.6 Å². The normalized spacial score (nSPS) is 10.7. The Hall–Kier alpha value is -2.31. The molecule has 0 spiro atoms. The summed E-state index contributed by atoms with van der Waals surface area (Å²) in [6.07, 6.45) is 0. The predicted octanol–water partition coefficient (Wildman–Crippen LogP) is 4.07. The molecule has 0 radical (unpaired) electrons. The van der Waals surface area contributed by atoms with E-state index in [-0.39, 0.29) is 0 Å². The van der Waals surface area contributed by atoms with Crippen molar-refractivity contribution in [1.82, 2.24) is 9.55 Å². The number of nitriles is 1. The van der Waals surface area contributed by atoms with Crippen LogP contribution in [-0.2, 0) is 7.05 Å². The number of benzene rings is 2. The van der Waals surface area contributed by atoms with Crippen LogP contribution in [-0.4, -0.2) is 9.55 Å². The molecule has 3 rings (SSSR count). The first kappa shape index (κ1) is 12.7. The lowest BCUT2D eigenvalue weighted by molar-refractivity contribution is 0.959. The Kier molecular flexibility index (Phi) is 2.96. The van der Waals surface area contributed by atoms with E-state index in [4.69, 9.17) is 16.9 Å². The fourth-order valence-corrected chi connectivity index (χ4v) is 2.42. The molecule has 1 aromatic heterocycles. The molecule has 0 saturated carbocycles. The van der Waals surface area contributed by atoms with Gasteiger partial charge in [0, 0.05) is 17.6 Å². The number of hydrogen-bond acceptors (Lipinski definition) is 2. The molecule has 0 amide bonds. The van der Waals surface area contributed by atoms with Crippen LogP contribution < -0.4 is 0 Å². The van der Waals surface area contributed by atoms with Crippen LogP contribution in [0, 0.1) is 18.3 Å². The van der Waals surface area contributed by atoms with Gasteiger partial charge in [-0.25, -0.2) is 4.98 Å². The maximum Gasteiger partial charge on any atom is 0.140 e. The van der Waals surface area contributed by atoms with Crippen LogP contribution in [0.15, 0.2) is 36.4 Å². The highest BCUT2D eigenvalue weighted by Crippen LogP contribution is 2.27. The Bertz CT molecular complexity index is 856. The van der Waals surface area contributed by atoms with Crippen molar-refractivity contribution in [2.45, 2.75) is 6.92 Å². The van der Waals surface area contributed by atoms with E-state index in [1.54, 1.807) is 6.07 Å². The second-order valence-corrected chi connectivity index (χ2v) is 5.18. The Morgan fingerprint density at radius 1 is 1.20 bits per heavy atom. The van der Waals surface area contributed by atoms with Gasteiger partial charge in [-0.3, -0.25) is 0 Å². The third-order valence-corrected chi connectivity index (χ3v) is 3.85. The Labute approximate surface area is 122 Å². The van der Waals surface area contributed by atoms with E-state index in [0.29, 0.717) is 5.56 Å². The van der Waals surface area contributed by atoms with Crippen LogP contribution in [0.1, 0.15) is 11.1 Å². The lowest BCUT2D eigenvalue weighted by Gasteiger charge is -2.05. The van der Waals surface area contributed by atoms with Gasteiger partial charge in [-0.05, 0) is 48.9 Å². The molecule has 0 bridgehead atoms. The van der Waals surface area contributed by atoms with Crippen molar-refractivity contribution in [1.29, 1.82) is 5.26 Å². The maximum absolute atomic E-state index is 8.98. The zero-order valence-corrected chi connectivity index (χ0v) is 11.9. The second kappa shape index (κ2) is 4.66. The van der Waals surface area contributed by atoms with E-state index >= 15 is 0 Å². The molecule has 1 heterocycles. The first-order valence-electron chi connectivity index (χ1n) is 6.23. The van der Waals surface area contributed by atoms with Crippen molar-refractivity contribution in [2.24, 2.45) is 7.05 Å². The van der Waals surface area contributed by atoms with Crippen molar-refractivity contribution >= 4 is 22.6 Å². The molecule has 0 aliphatic rings. The first-order valence-corrected chi connectivity index (χ1v) is 6.61. The van der Waals surface area contributed by atoms with Crippen LogP contribution in [0.4, 0.5) is 0 Å². The van der Waals surface area contributed by atoms with Crippen molar-refractivity contribution in [3.8, 4) is 17.5 Å². The van der Waals surface area contributed by atoms with Gasteiger partial charge in [0.15, 0.2) is 0 Å². The predicted molar refractivity (Wildman–Crippen MR) is 80.6 cm³/mol. The molecule has 2 aromatic carbocycles. The van der Waals surface area contributed by atoms with Gasteiger partial charge in [-0.2, -0.15) is 5.26 Å². The average molecular weight is 282 g/mol. The van der Waals surface area contributed by atoms with Gasteiger partial charge in [-0.15, -0.1) is 0 Å². The molecule has 20 heavy (non-hydrogen) atoms. The monoisotopic (exact) mass is 281 g/mol. The van der Waals surface area contributed by atoms with Crippen molar-refractivity contribution in [3.63, 3.8) is 0 Å². The minimum absolute atomic E-state index is 0.638. The third kappa shape index (κ3) is 1.95. The maximum atomic E-state index is 8.98. The smallest absolute Gasteiger partial charge is 0.140 e. The minimum Gasteiger partial charge on any atom is -0.327 e. The molecule has 4 heteroatoms. The summed E-state index contributed by atoms with van der Waals surface area (Å²) < 4.78 is 2.00. The summed E-state index contributed by atoms with van der Waals surface area (Å²) in [5.74, 6) is 0.870. The van der Waals surface area contributed by atoms with Crippen LogP contribution in [0.2, 0.25) is 5.02 Å². The number of hydrogen-bond donors (Lipinski definition) is 0. The average Bonchev–Trinajstić information content (AvgIpc) is 2.79. The van der Waals surface area contributed by atoms with Crippen molar-refractivity contribution in [3.05, 3.63) is 52.5 Å². The lowest BCUT2D eigenvalue weighted by Crippen LogP contribution is -1.93. The lowest BCUT2D eigenvalue weighted by atomic mass is 10.1. The Morgan fingerprint density at radius 3 is 2.70 bits per heavy atom. The number of nitrogens with zero attached hydrogens (tertiary/aromatic N) is 3. The minimum atomic E-state index is 0.638. The van der Waals surface area contributed by atoms with E-state index in [9.17, 15) is 0 Å². The first-order chi connectivity index (χ1) is 9.60. The number of aromatic nitrogens is 2. The summed E-state index contributed by atoms with van der Waals surface area (Å²) in [5.41, 5.74) is 4.51. The molecule has 0 aliphatic carbocycles. The molecule has 3 aromatic rings. The highest BCUT2D eigenvalue weighted by molar-refractivity contribution is 6.31. The van der Waals surface area contributed by atoms with Crippen LogP contribution in [0.3, 0.4) is 0 Å². The Balaban J connectivity index is 2.24. The fraction of sp³-hybridized carbons (Fsp3) is 0.125. The summed E-state index contributed by atoms with van der Waals surface area (Å²) in [6.45, 7) is 1.97. The third-order valence-electron chi connectivity index (χ3n) is 3.43. The van der Waals surface area contributed by atoms with Gasteiger partial charge in [0.25, 0.3) is 0 Å². The number of halogens is 1. The number of fused-ring (bicyclic) bond motifs is 1. The van der Waals surface area contributed by atoms with Crippen LogP contribution >= 0.6 is 11.6 Å². The molecule has 0 aliphatic heterocycles. The van der Waals surface area contributed by atoms with Crippen molar-refractivity contribution in [2.75, 3.05) is 0 Å². The molecule has 0 unspecified atom stereocenters. The van der Waals surface area contributed by atoms with E-state index in [1.165, 1.54) is 0 Å². The molecular formula is C16H12ClN3. The molecule has 0 N–H and O–H groups in total. The van der Waals surface area contributed by atoms with Gasteiger partial charge in [0.2, 0.25) is 0 Å². The summed E-state index contributed by atoms with van der Waals surface area (Å²) >= 11 is 6.06. The fourth-order valence-electron chi connectivity index (χ4n) is 2.30. The van der Waals surface area contributed by atoms with Crippen molar-refractivity contribution < 1.29 is 0 Å². The van der Waals surface area contributed by atoms with E-state index in [2.05, 4.69) is 11.1 Å². The van der Waals surface area contributed by atoms with Gasteiger partial charge in [0.1, 0.15) is 5.82 Å². The highest BCUT2D eigenvalue weighted by Gasteiger charge is 2.11. The largest absolute Gasteiger partial charge is 0.327 e. The summed E-state index contributed by atoms with van der Waals surface area (Å²) in [6, 6.07) is 13.5. The summed E-state index contributed by atoms with van der Waals surface area (Å²) in [7, 11) is 1.95. The molecule has 0 fully saturated rings. The molecule has 0 saturated heterocycles. The van der Waals surface area contributed by atoms with E-state index in [1.807, 2.05) is 48.9 Å². The second-order valence-electron chi connectivity index (χ2n) is 4.77. The quantitative estimate of drug-likeness (QED) is 0.674. The van der Waals surface area contributed by atoms with Crippen LogP contribution in [0.5, 0.6) is 0 Å². The van der Waals surface area contributed by atoms with E-state index < -0.39 is 0 Å². The molecule has 0 atom stereocenters. The summed E-state index contributed by atoms with van der Waals surface area (Å²) in [4.78, 5) is 4.64. The van der Waals surface area contributed by atoms with E-state index in [0.717, 1.165) is 33.0 Å². The van der Waals surface area contributed by atoms with Crippen LogP contribution in [0.25, 0.3) is 22.4 Å². The SMILES string of the molecule is Cc1cc(-c2nc3ccc(C#N)cc3n2C)ccc1Cl. The number of aryl methyl sites for hydroxylation is 2. The topological polar surface area (TPSA) is 41.6 Å². The number of rotatable bonds is 1. The zero-order valence-electron chi connectivity index (χ0n) is 11.2. The standard InChI is InChI=1S/C16H12ClN3/c1-10-7-12(4-5-13(10)17)16-19-14-6-3-11(9-18)8-15(14)20(16)2/h3-8H,1-2H3.